The Morgan fingerprint density at radius 3 is 2.50 bits per heavy atom. The third-order valence-electron chi connectivity index (χ3n) is 4.16. The van der Waals surface area contributed by atoms with Crippen LogP contribution in [0.5, 0.6) is 0 Å². The Labute approximate surface area is 120 Å². The van der Waals surface area contributed by atoms with Crippen molar-refractivity contribution in [3.63, 3.8) is 0 Å². The number of hydrogen-bond acceptors (Lipinski definition) is 3. The van der Waals surface area contributed by atoms with Gasteiger partial charge in [0.05, 0.1) is 5.69 Å². The van der Waals surface area contributed by atoms with E-state index < -0.39 is 10.2 Å². The SMILES string of the molecule is Nc1cccc2c1CCCN2S(=O)(=O)N1CCCCC1. The highest BCUT2D eigenvalue weighted by atomic mass is 32.2. The van der Waals surface area contributed by atoms with Crippen molar-refractivity contribution in [2.75, 3.05) is 29.7 Å². The highest BCUT2D eigenvalue weighted by Gasteiger charge is 2.33. The van der Waals surface area contributed by atoms with E-state index in [4.69, 9.17) is 5.73 Å². The second-order valence-electron chi connectivity index (χ2n) is 5.49. The number of rotatable bonds is 2. The van der Waals surface area contributed by atoms with Crippen LogP contribution in [0, 0.1) is 0 Å². The van der Waals surface area contributed by atoms with E-state index in [2.05, 4.69) is 0 Å². The maximum atomic E-state index is 12.8. The van der Waals surface area contributed by atoms with Gasteiger partial charge in [-0.3, -0.25) is 4.31 Å². The van der Waals surface area contributed by atoms with Crippen LogP contribution in [0.1, 0.15) is 31.2 Å². The van der Waals surface area contributed by atoms with Crippen LogP contribution in [-0.4, -0.2) is 32.4 Å². The molecule has 0 bridgehead atoms. The van der Waals surface area contributed by atoms with E-state index in [0.717, 1.165) is 43.4 Å². The van der Waals surface area contributed by atoms with Crippen LogP contribution in [-0.2, 0) is 16.6 Å². The second kappa shape index (κ2) is 5.26. The molecule has 6 heteroatoms. The maximum absolute atomic E-state index is 12.8. The first kappa shape index (κ1) is 13.7. The van der Waals surface area contributed by atoms with Crippen LogP contribution >= 0.6 is 0 Å². The van der Waals surface area contributed by atoms with Gasteiger partial charge in [0.15, 0.2) is 0 Å². The van der Waals surface area contributed by atoms with Crippen molar-refractivity contribution in [3.8, 4) is 0 Å². The van der Waals surface area contributed by atoms with E-state index in [1.165, 1.54) is 0 Å². The van der Waals surface area contributed by atoms with Gasteiger partial charge < -0.3 is 5.73 Å². The number of hydrogen-bond donors (Lipinski definition) is 1. The Kier molecular flexibility index (Phi) is 3.60. The van der Waals surface area contributed by atoms with Gasteiger partial charge in [0.2, 0.25) is 0 Å². The fourth-order valence-electron chi connectivity index (χ4n) is 3.09. The molecule has 0 aromatic heterocycles. The van der Waals surface area contributed by atoms with Gasteiger partial charge in [0.1, 0.15) is 0 Å². The molecule has 3 rings (SSSR count). The third kappa shape index (κ3) is 2.27. The van der Waals surface area contributed by atoms with Gasteiger partial charge in [0, 0.05) is 25.3 Å². The molecular weight excluding hydrogens is 274 g/mol. The molecule has 2 N–H and O–H groups in total. The third-order valence-corrected chi connectivity index (χ3v) is 6.12. The first-order valence-electron chi connectivity index (χ1n) is 7.26. The largest absolute Gasteiger partial charge is 0.398 e. The average molecular weight is 295 g/mol. The molecule has 0 atom stereocenters. The highest BCUT2D eigenvalue weighted by Crippen LogP contribution is 2.34. The summed E-state index contributed by atoms with van der Waals surface area (Å²) < 4.78 is 28.8. The number of benzene rings is 1. The molecule has 0 radical (unpaired) electrons. The quantitative estimate of drug-likeness (QED) is 0.845. The van der Waals surface area contributed by atoms with Crippen LogP contribution in [0.15, 0.2) is 18.2 Å². The number of fused-ring (bicyclic) bond motifs is 1. The van der Waals surface area contributed by atoms with Crippen molar-refractivity contribution in [2.45, 2.75) is 32.1 Å². The summed E-state index contributed by atoms with van der Waals surface area (Å²) >= 11 is 0. The van der Waals surface area contributed by atoms with Gasteiger partial charge in [-0.2, -0.15) is 12.7 Å². The molecule has 2 heterocycles. The summed E-state index contributed by atoms with van der Waals surface area (Å²) in [6.45, 7) is 1.82. The summed E-state index contributed by atoms with van der Waals surface area (Å²) in [4.78, 5) is 0. The predicted molar refractivity (Wildman–Crippen MR) is 80.9 cm³/mol. The molecule has 1 aromatic rings. The molecule has 110 valence electrons. The summed E-state index contributed by atoms with van der Waals surface area (Å²) in [6, 6.07) is 5.54. The molecule has 0 spiro atoms. The van der Waals surface area contributed by atoms with Crippen molar-refractivity contribution in [2.24, 2.45) is 0 Å². The first-order valence-corrected chi connectivity index (χ1v) is 8.65. The van der Waals surface area contributed by atoms with Crippen LogP contribution in [0.2, 0.25) is 0 Å². The Balaban J connectivity index is 1.97. The number of nitrogen functional groups attached to an aromatic ring is 1. The van der Waals surface area contributed by atoms with Crippen LogP contribution in [0.25, 0.3) is 0 Å². The number of piperidine rings is 1. The Bertz CT molecular complexity index is 594. The van der Waals surface area contributed by atoms with Crippen molar-refractivity contribution >= 4 is 21.6 Å². The minimum absolute atomic E-state index is 0.551. The lowest BCUT2D eigenvalue weighted by molar-refractivity contribution is 0.345. The van der Waals surface area contributed by atoms with Crippen molar-refractivity contribution in [3.05, 3.63) is 23.8 Å². The van der Waals surface area contributed by atoms with Crippen molar-refractivity contribution < 1.29 is 8.42 Å². The topological polar surface area (TPSA) is 66.6 Å². The summed E-state index contributed by atoms with van der Waals surface area (Å²) in [5, 5.41) is 0. The lowest BCUT2D eigenvalue weighted by Crippen LogP contribution is -2.47. The molecule has 20 heavy (non-hydrogen) atoms. The molecule has 5 nitrogen and oxygen atoms in total. The van der Waals surface area contributed by atoms with Crippen LogP contribution in [0.3, 0.4) is 0 Å². The Morgan fingerprint density at radius 1 is 1.00 bits per heavy atom. The van der Waals surface area contributed by atoms with Crippen molar-refractivity contribution in [1.29, 1.82) is 0 Å². The second-order valence-corrected chi connectivity index (χ2v) is 7.34. The average Bonchev–Trinajstić information content (AvgIpc) is 2.48. The maximum Gasteiger partial charge on any atom is 0.304 e. The van der Waals surface area contributed by atoms with E-state index >= 15 is 0 Å². The van der Waals surface area contributed by atoms with Gasteiger partial charge in [-0.1, -0.05) is 12.5 Å². The monoisotopic (exact) mass is 295 g/mol. The standard InChI is InChI=1S/C14H21N3O2S/c15-13-7-4-8-14-12(13)6-5-11-17(14)20(18,19)16-9-2-1-3-10-16/h4,7-8H,1-3,5-6,9-11,15H2. The molecular formula is C14H21N3O2S. The molecule has 2 aliphatic rings. The summed E-state index contributed by atoms with van der Waals surface area (Å²) in [6.07, 6.45) is 4.71. The van der Waals surface area contributed by atoms with Gasteiger partial charge in [0.25, 0.3) is 0 Å². The molecule has 2 aliphatic heterocycles. The zero-order chi connectivity index (χ0) is 14.2. The van der Waals surface area contributed by atoms with E-state index in [1.807, 2.05) is 18.2 Å². The van der Waals surface area contributed by atoms with Crippen molar-refractivity contribution in [1.82, 2.24) is 4.31 Å². The highest BCUT2D eigenvalue weighted by molar-refractivity contribution is 7.90. The number of anilines is 2. The molecule has 0 unspecified atom stereocenters. The molecule has 0 aliphatic carbocycles. The van der Waals surface area contributed by atoms with E-state index in [-0.39, 0.29) is 0 Å². The molecule has 1 aromatic carbocycles. The Morgan fingerprint density at radius 2 is 1.75 bits per heavy atom. The lowest BCUT2D eigenvalue weighted by atomic mass is 10.0. The smallest absolute Gasteiger partial charge is 0.304 e. The normalized spacial score (nSPS) is 20.7. The lowest BCUT2D eigenvalue weighted by Gasteiger charge is -2.36. The van der Waals surface area contributed by atoms with Gasteiger partial charge in [-0.25, -0.2) is 0 Å². The Hall–Kier alpha value is -1.27. The number of nitrogens with two attached hydrogens (primary N) is 1. The van der Waals surface area contributed by atoms with Crippen LogP contribution < -0.4 is 10.0 Å². The zero-order valence-electron chi connectivity index (χ0n) is 11.6. The number of nitrogens with zero attached hydrogens (tertiary/aromatic N) is 2. The first-order chi connectivity index (χ1) is 9.60. The fourth-order valence-corrected chi connectivity index (χ4v) is 4.87. The van der Waals surface area contributed by atoms with Crippen LogP contribution in [0.4, 0.5) is 11.4 Å². The molecule has 1 saturated heterocycles. The molecule has 0 saturated carbocycles. The van der Waals surface area contributed by atoms with Gasteiger partial charge >= 0.3 is 10.2 Å². The van der Waals surface area contributed by atoms with Gasteiger partial charge in [-0.05, 0) is 43.4 Å². The molecule has 0 amide bonds. The minimum Gasteiger partial charge on any atom is -0.398 e. The van der Waals surface area contributed by atoms with E-state index in [0.29, 0.717) is 25.3 Å². The van der Waals surface area contributed by atoms with E-state index in [1.54, 1.807) is 8.61 Å². The summed E-state index contributed by atoms with van der Waals surface area (Å²) in [7, 11) is -3.40. The summed E-state index contributed by atoms with van der Waals surface area (Å²) in [5.41, 5.74) is 8.42. The zero-order valence-corrected chi connectivity index (χ0v) is 12.4. The van der Waals surface area contributed by atoms with E-state index in [9.17, 15) is 8.42 Å². The minimum atomic E-state index is -3.40. The molecule has 1 fully saturated rings. The fraction of sp³-hybridized carbons (Fsp3) is 0.571. The predicted octanol–water partition coefficient (Wildman–Crippen LogP) is 1.75. The summed E-state index contributed by atoms with van der Waals surface area (Å²) in [5.74, 6) is 0. The van der Waals surface area contributed by atoms with Gasteiger partial charge in [-0.15, -0.1) is 0 Å².